The molecule has 0 unspecified atom stereocenters. The highest BCUT2D eigenvalue weighted by Gasteiger charge is 2.21. The lowest BCUT2D eigenvalue weighted by Crippen LogP contribution is -2.47. The molecule has 1 N–H and O–H groups in total. The summed E-state index contributed by atoms with van der Waals surface area (Å²) < 4.78 is 11.0. The van der Waals surface area contributed by atoms with Gasteiger partial charge in [-0.1, -0.05) is 38.1 Å². The van der Waals surface area contributed by atoms with Gasteiger partial charge in [-0.05, 0) is 49.1 Å². The number of hydrogen-bond acceptors (Lipinski definition) is 3. The van der Waals surface area contributed by atoms with E-state index in [2.05, 4.69) is 53.3 Å². The molecule has 1 aliphatic heterocycles. The van der Waals surface area contributed by atoms with Crippen LogP contribution >= 0.6 is 0 Å². The first-order valence-electron chi connectivity index (χ1n) is 10.8. The largest absolute Gasteiger partial charge is 0.385 e. The van der Waals surface area contributed by atoms with Gasteiger partial charge < -0.3 is 19.7 Å². The molecule has 5 nitrogen and oxygen atoms in total. The molecule has 0 aromatic heterocycles. The number of guanidine groups is 1. The Kier molecular flexibility index (Phi) is 10.4. The molecule has 1 aromatic carbocycles. The first-order valence-corrected chi connectivity index (χ1v) is 10.8. The van der Waals surface area contributed by atoms with E-state index in [-0.39, 0.29) is 0 Å². The number of rotatable bonds is 10. The van der Waals surface area contributed by atoms with Crippen LogP contribution in [-0.4, -0.2) is 64.0 Å². The van der Waals surface area contributed by atoms with Gasteiger partial charge in [0, 0.05) is 47.0 Å². The topological polar surface area (TPSA) is 46.1 Å². The molecule has 0 atom stereocenters. The third kappa shape index (κ3) is 7.80. The minimum Gasteiger partial charge on any atom is -0.385 e. The fourth-order valence-electron chi connectivity index (χ4n) is 3.58. The average molecular weight is 390 g/mol. The van der Waals surface area contributed by atoms with E-state index >= 15 is 0 Å². The fraction of sp³-hybridized carbons (Fsp3) is 0.696. The van der Waals surface area contributed by atoms with Gasteiger partial charge >= 0.3 is 0 Å². The van der Waals surface area contributed by atoms with E-state index in [4.69, 9.17) is 9.47 Å². The van der Waals surface area contributed by atoms with Crippen molar-refractivity contribution in [3.05, 3.63) is 35.4 Å². The van der Waals surface area contributed by atoms with E-state index in [1.54, 1.807) is 7.11 Å². The molecule has 0 aliphatic carbocycles. The molecule has 28 heavy (non-hydrogen) atoms. The summed E-state index contributed by atoms with van der Waals surface area (Å²) in [6.45, 7) is 9.01. The summed E-state index contributed by atoms with van der Waals surface area (Å²) in [5.74, 6) is 1.62. The van der Waals surface area contributed by atoms with Crippen LogP contribution in [0.1, 0.15) is 56.6 Å². The molecule has 0 radical (unpaired) electrons. The normalized spacial score (nSPS) is 16.0. The second-order valence-electron chi connectivity index (χ2n) is 7.88. The Morgan fingerprint density at radius 2 is 1.86 bits per heavy atom. The molecule has 1 heterocycles. The lowest BCUT2D eigenvalue weighted by Gasteiger charge is -2.34. The van der Waals surface area contributed by atoms with Crippen molar-refractivity contribution in [2.75, 3.05) is 47.0 Å². The Morgan fingerprint density at radius 3 is 2.46 bits per heavy atom. The molecule has 5 heteroatoms. The van der Waals surface area contributed by atoms with Crippen LogP contribution < -0.4 is 5.32 Å². The predicted octanol–water partition coefficient (Wildman–Crippen LogP) is 3.84. The van der Waals surface area contributed by atoms with Crippen molar-refractivity contribution in [1.82, 2.24) is 10.2 Å². The summed E-state index contributed by atoms with van der Waals surface area (Å²) in [6, 6.07) is 9.05. The van der Waals surface area contributed by atoms with Crippen LogP contribution in [0.3, 0.4) is 0 Å². The SMILES string of the molecule is CN=C(NCCCc1ccc(C(C)C)cc1)N1CCC(OCCCOC)CC1. The standard InChI is InChI=1S/C23H39N3O2/c1-19(2)21-10-8-20(9-11-21)7-5-14-25-23(24-3)26-15-12-22(13-16-26)28-18-6-17-27-4/h8-11,19,22H,5-7,12-18H2,1-4H3,(H,24,25). The van der Waals surface area contributed by atoms with Crippen molar-refractivity contribution in [2.24, 2.45) is 4.99 Å². The number of nitrogens with one attached hydrogen (secondary N) is 1. The zero-order valence-electron chi connectivity index (χ0n) is 18.2. The molecule has 0 saturated carbocycles. The van der Waals surface area contributed by atoms with Gasteiger partial charge in [0.2, 0.25) is 0 Å². The van der Waals surface area contributed by atoms with Crippen LogP contribution in [0.5, 0.6) is 0 Å². The minimum atomic E-state index is 0.375. The Morgan fingerprint density at radius 1 is 1.14 bits per heavy atom. The number of piperidine rings is 1. The molecule has 0 bridgehead atoms. The number of ether oxygens (including phenoxy) is 2. The first kappa shape index (κ1) is 22.7. The van der Waals surface area contributed by atoms with Gasteiger partial charge in [0.05, 0.1) is 6.10 Å². The van der Waals surface area contributed by atoms with E-state index in [9.17, 15) is 0 Å². The van der Waals surface area contributed by atoms with Crippen molar-refractivity contribution >= 4 is 5.96 Å². The lowest BCUT2D eigenvalue weighted by molar-refractivity contribution is 0.00991. The predicted molar refractivity (Wildman–Crippen MR) is 117 cm³/mol. The highest BCUT2D eigenvalue weighted by molar-refractivity contribution is 5.79. The van der Waals surface area contributed by atoms with Gasteiger partial charge in [-0.25, -0.2) is 0 Å². The van der Waals surface area contributed by atoms with Crippen molar-refractivity contribution in [1.29, 1.82) is 0 Å². The van der Waals surface area contributed by atoms with Crippen molar-refractivity contribution < 1.29 is 9.47 Å². The molecule has 158 valence electrons. The summed E-state index contributed by atoms with van der Waals surface area (Å²) in [4.78, 5) is 6.83. The van der Waals surface area contributed by atoms with Crippen molar-refractivity contribution in [3.63, 3.8) is 0 Å². The monoisotopic (exact) mass is 389 g/mol. The highest BCUT2D eigenvalue weighted by atomic mass is 16.5. The molecule has 2 rings (SSSR count). The van der Waals surface area contributed by atoms with Crippen LogP contribution in [0.4, 0.5) is 0 Å². The van der Waals surface area contributed by atoms with Crippen LogP contribution in [0.15, 0.2) is 29.3 Å². The molecule has 0 spiro atoms. The van der Waals surface area contributed by atoms with Crippen molar-refractivity contribution in [2.45, 2.75) is 58.0 Å². The van der Waals surface area contributed by atoms with Crippen LogP contribution in [0.25, 0.3) is 0 Å². The summed E-state index contributed by atoms with van der Waals surface area (Å²) in [5, 5.41) is 3.53. The van der Waals surface area contributed by atoms with Gasteiger partial charge in [0.25, 0.3) is 0 Å². The number of aliphatic imine (C=N–C) groups is 1. The number of benzene rings is 1. The van der Waals surface area contributed by atoms with Gasteiger partial charge in [-0.2, -0.15) is 0 Å². The quantitative estimate of drug-likeness (QED) is 0.375. The minimum absolute atomic E-state index is 0.375. The number of methoxy groups -OCH3 is 1. The Bertz CT molecular complexity index is 564. The smallest absolute Gasteiger partial charge is 0.193 e. The van der Waals surface area contributed by atoms with Gasteiger partial charge in [0.15, 0.2) is 5.96 Å². The molecule has 1 aromatic rings. The summed E-state index contributed by atoms with van der Waals surface area (Å²) in [6.07, 6.45) is 5.69. The van der Waals surface area contributed by atoms with Gasteiger partial charge in [0.1, 0.15) is 0 Å². The molecular weight excluding hydrogens is 350 g/mol. The summed E-state index contributed by atoms with van der Waals surface area (Å²) in [5.41, 5.74) is 2.82. The highest BCUT2D eigenvalue weighted by Crippen LogP contribution is 2.16. The van der Waals surface area contributed by atoms with Crippen LogP contribution in [0, 0.1) is 0 Å². The maximum atomic E-state index is 5.95. The third-order valence-corrected chi connectivity index (χ3v) is 5.37. The molecule has 1 fully saturated rings. The number of nitrogens with zero attached hydrogens (tertiary/aromatic N) is 2. The van der Waals surface area contributed by atoms with E-state index in [1.165, 1.54) is 11.1 Å². The third-order valence-electron chi connectivity index (χ3n) is 5.37. The van der Waals surface area contributed by atoms with Crippen LogP contribution in [-0.2, 0) is 15.9 Å². The van der Waals surface area contributed by atoms with E-state index in [1.807, 2.05) is 7.05 Å². The first-order chi connectivity index (χ1) is 13.6. The molecular formula is C23H39N3O2. The van der Waals surface area contributed by atoms with Gasteiger partial charge in [-0.3, -0.25) is 4.99 Å². The zero-order valence-corrected chi connectivity index (χ0v) is 18.2. The number of likely N-dealkylation sites (tertiary alicyclic amines) is 1. The Hall–Kier alpha value is -1.59. The summed E-state index contributed by atoms with van der Waals surface area (Å²) >= 11 is 0. The van der Waals surface area contributed by atoms with Gasteiger partial charge in [-0.15, -0.1) is 0 Å². The van der Waals surface area contributed by atoms with E-state index < -0.39 is 0 Å². The molecule has 1 aliphatic rings. The lowest BCUT2D eigenvalue weighted by atomic mass is 10.0. The number of aryl methyl sites for hydroxylation is 1. The Labute approximate surface area is 171 Å². The average Bonchev–Trinajstić information content (AvgIpc) is 2.72. The van der Waals surface area contributed by atoms with Crippen molar-refractivity contribution in [3.8, 4) is 0 Å². The van der Waals surface area contributed by atoms with E-state index in [0.717, 1.165) is 70.9 Å². The number of hydrogen-bond donors (Lipinski definition) is 1. The maximum Gasteiger partial charge on any atom is 0.193 e. The second kappa shape index (κ2) is 12.8. The zero-order chi connectivity index (χ0) is 20.2. The second-order valence-corrected chi connectivity index (χ2v) is 7.88. The maximum absolute atomic E-state index is 5.95. The fourth-order valence-corrected chi connectivity index (χ4v) is 3.58. The molecule has 0 amide bonds. The summed E-state index contributed by atoms with van der Waals surface area (Å²) in [7, 11) is 3.61. The molecule has 1 saturated heterocycles. The van der Waals surface area contributed by atoms with Crippen LogP contribution in [0.2, 0.25) is 0 Å². The Balaban J connectivity index is 1.63. The van der Waals surface area contributed by atoms with E-state index in [0.29, 0.717) is 12.0 Å².